The third kappa shape index (κ3) is 1.34. The molecule has 0 amide bonds. The standard InChI is InChI=1S/C6H9N5/c1-6(2,3)11-5(4-7)8-9-10-11/h1-3H3. The molecule has 1 aromatic heterocycles. The molecule has 5 nitrogen and oxygen atoms in total. The Morgan fingerprint density at radius 3 is 2.45 bits per heavy atom. The molecule has 0 radical (unpaired) electrons. The Kier molecular flexibility index (Phi) is 1.61. The van der Waals surface area contributed by atoms with Crippen molar-refractivity contribution in [3.05, 3.63) is 5.82 Å². The molecule has 0 bridgehead atoms. The Morgan fingerprint density at radius 2 is 2.09 bits per heavy atom. The second kappa shape index (κ2) is 2.31. The number of hydrogen-bond acceptors (Lipinski definition) is 4. The molecule has 1 rings (SSSR count). The van der Waals surface area contributed by atoms with E-state index >= 15 is 0 Å². The molecule has 0 aliphatic carbocycles. The normalized spacial score (nSPS) is 11.1. The summed E-state index contributed by atoms with van der Waals surface area (Å²) in [5.41, 5.74) is -0.228. The SMILES string of the molecule is CC(C)(C)n1nnnc1C#N. The van der Waals surface area contributed by atoms with Crippen molar-refractivity contribution in [2.75, 3.05) is 0 Å². The van der Waals surface area contributed by atoms with E-state index in [0.29, 0.717) is 0 Å². The lowest BCUT2D eigenvalue weighted by atomic mass is 10.1. The second-order valence-electron chi connectivity index (χ2n) is 3.20. The summed E-state index contributed by atoms with van der Waals surface area (Å²) in [6.45, 7) is 5.80. The van der Waals surface area contributed by atoms with Crippen molar-refractivity contribution >= 4 is 0 Å². The van der Waals surface area contributed by atoms with E-state index in [-0.39, 0.29) is 11.4 Å². The van der Waals surface area contributed by atoms with E-state index in [1.807, 2.05) is 26.8 Å². The molecule has 11 heavy (non-hydrogen) atoms. The molecule has 58 valence electrons. The van der Waals surface area contributed by atoms with Crippen LogP contribution < -0.4 is 0 Å². The molecular weight excluding hydrogens is 142 g/mol. The molecule has 5 heteroatoms. The summed E-state index contributed by atoms with van der Waals surface area (Å²) in [6.07, 6.45) is 0. The van der Waals surface area contributed by atoms with E-state index in [0.717, 1.165) is 0 Å². The van der Waals surface area contributed by atoms with Crippen LogP contribution in [0.15, 0.2) is 0 Å². The maximum Gasteiger partial charge on any atom is 0.253 e. The zero-order valence-corrected chi connectivity index (χ0v) is 6.74. The molecule has 1 heterocycles. The van der Waals surface area contributed by atoms with Gasteiger partial charge >= 0.3 is 0 Å². The van der Waals surface area contributed by atoms with E-state index in [4.69, 9.17) is 5.26 Å². The van der Waals surface area contributed by atoms with Gasteiger partial charge in [0.2, 0.25) is 0 Å². The molecule has 0 saturated carbocycles. The van der Waals surface area contributed by atoms with Gasteiger partial charge in [0.25, 0.3) is 5.82 Å². The zero-order valence-electron chi connectivity index (χ0n) is 6.74. The number of rotatable bonds is 0. The summed E-state index contributed by atoms with van der Waals surface area (Å²) in [6, 6.07) is 1.91. The van der Waals surface area contributed by atoms with Gasteiger partial charge in [-0.15, -0.1) is 0 Å². The van der Waals surface area contributed by atoms with Gasteiger partial charge in [0.1, 0.15) is 6.07 Å². The fraction of sp³-hybridized carbons (Fsp3) is 0.667. The second-order valence-corrected chi connectivity index (χ2v) is 3.20. The minimum atomic E-state index is -0.228. The molecule has 0 fully saturated rings. The molecule has 0 unspecified atom stereocenters. The molecule has 0 aliphatic heterocycles. The van der Waals surface area contributed by atoms with Crippen LogP contribution in [0.5, 0.6) is 0 Å². The van der Waals surface area contributed by atoms with Crippen LogP contribution >= 0.6 is 0 Å². The van der Waals surface area contributed by atoms with Crippen molar-refractivity contribution in [3.63, 3.8) is 0 Å². The number of aromatic nitrogens is 4. The van der Waals surface area contributed by atoms with Crippen LogP contribution in [0.4, 0.5) is 0 Å². The van der Waals surface area contributed by atoms with Gasteiger partial charge in [-0.3, -0.25) is 0 Å². The van der Waals surface area contributed by atoms with Gasteiger partial charge in [-0.25, -0.2) is 4.68 Å². The lowest BCUT2D eigenvalue weighted by molar-refractivity contribution is 0.343. The van der Waals surface area contributed by atoms with Crippen LogP contribution in [-0.2, 0) is 5.54 Å². The summed E-state index contributed by atoms with van der Waals surface area (Å²) >= 11 is 0. The van der Waals surface area contributed by atoms with Crippen molar-refractivity contribution in [1.82, 2.24) is 20.2 Å². The van der Waals surface area contributed by atoms with Gasteiger partial charge in [0.15, 0.2) is 0 Å². The van der Waals surface area contributed by atoms with Crippen LogP contribution in [0.25, 0.3) is 0 Å². The highest BCUT2D eigenvalue weighted by molar-refractivity contribution is 5.07. The number of nitrogens with zero attached hydrogens (tertiary/aromatic N) is 5. The summed E-state index contributed by atoms with van der Waals surface area (Å²) < 4.78 is 1.49. The Labute approximate surface area is 64.6 Å². The summed E-state index contributed by atoms with van der Waals surface area (Å²) in [7, 11) is 0. The Balaban J connectivity index is 3.15. The van der Waals surface area contributed by atoms with Crippen molar-refractivity contribution in [1.29, 1.82) is 5.26 Å². The van der Waals surface area contributed by atoms with Gasteiger partial charge in [-0.05, 0) is 31.2 Å². The van der Waals surface area contributed by atoms with Gasteiger partial charge in [0.05, 0.1) is 5.54 Å². The maximum atomic E-state index is 8.56. The van der Waals surface area contributed by atoms with Gasteiger partial charge in [-0.2, -0.15) is 5.26 Å². The topological polar surface area (TPSA) is 67.4 Å². The van der Waals surface area contributed by atoms with Crippen LogP contribution in [0, 0.1) is 11.3 Å². The predicted molar refractivity (Wildman–Crippen MR) is 37.5 cm³/mol. The number of hydrogen-bond donors (Lipinski definition) is 0. The quantitative estimate of drug-likeness (QED) is 0.534. The lowest BCUT2D eigenvalue weighted by Gasteiger charge is -2.17. The molecule has 0 aliphatic rings. The predicted octanol–water partition coefficient (Wildman–Crippen LogP) is 0.300. The molecule has 0 N–H and O–H groups in total. The summed E-state index contributed by atoms with van der Waals surface area (Å²) in [4.78, 5) is 0. The summed E-state index contributed by atoms with van der Waals surface area (Å²) in [5, 5.41) is 19.2. The zero-order chi connectivity index (χ0) is 8.48. The average Bonchev–Trinajstić information content (AvgIpc) is 2.31. The monoisotopic (exact) mass is 151 g/mol. The number of tetrazole rings is 1. The fourth-order valence-corrected chi connectivity index (χ4v) is 0.709. The lowest BCUT2D eigenvalue weighted by Crippen LogP contribution is -2.24. The highest BCUT2D eigenvalue weighted by Gasteiger charge is 2.18. The average molecular weight is 151 g/mol. The molecule has 1 aromatic rings. The van der Waals surface area contributed by atoms with Crippen LogP contribution in [-0.4, -0.2) is 20.2 Å². The Hall–Kier alpha value is -1.44. The first-order valence-corrected chi connectivity index (χ1v) is 3.24. The van der Waals surface area contributed by atoms with Gasteiger partial charge in [-0.1, -0.05) is 5.10 Å². The minimum Gasteiger partial charge on any atom is -0.212 e. The van der Waals surface area contributed by atoms with Crippen molar-refractivity contribution in [2.45, 2.75) is 26.3 Å². The van der Waals surface area contributed by atoms with Crippen LogP contribution in [0.3, 0.4) is 0 Å². The van der Waals surface area contributed by atoms with Crippen molar-refractivity contribution in [2.24, 2.45) is 0 Å². The Morgan fingerprint density at radius 1 is 1.45 bits per heavy atom. The molecule has 0 spiro atoms. The maximum absolute atomic E-state index is 8.56. The molecule has 0 saturated heterocycles. The Bertz CT molecular complexity index is 287. The van der Waals surface area contributed by atoms with E-state index in [2.05, 4.69) is 15.5 Å². The first kappa shape index (κ1) is 7.66. The van der Waals surface area contributed by atoms with Crippen molar-refractivity contribution in [3.8, 4) is 6.07 Å². The fourth-order valence-electron chi connectivity index (χ4n) is 0.709. The highest BCUT2D eigenvalue weighted by Crippen LogP contribution is 2.11. The van der Waals surface area contributed by atoms with E-state index < -0.39 is 0 Å². The van der Waals surface area contributed by atoms with Gasteiger partial charge < -0.3 is 0 Å². The molecule has 0 aromatic carbocycles. The van der Waals surface area contributed by atoms with Crippen molar-refractivity contribution < 1.29 is 0 Å². The van der Waals surface area contributed by atoms with Crippen LogP contribution in [0.1, 0.15) is 26.6 Å². The first-order chi connectivity index (χ1) is 5.05. The number of nitriles is 1. The first-order valence-electron chi connectivity index (χ1n) is 3.24. The van der Waals surface area contributed by atoms with Crippen LogP contribution in [0.2, 0.25) is 0 Å². The van der Waals surface area contributed by atoms with E-state index in [1.54, 1.807) is 0 Å². The van der Waals surface area contributed by atoms with E-state index in [1.165, 1.54) is 4.68 Å². The third-order valence-corrected chi connectivity index (χ3v) is 1.20. The van der Waals surface area contributed by atoms with Gasteiger partial charge in [0, 0.05) is 0 Å². The summed E-state index contributed by atoms with van der Waals surface area (Å²) in [5.74, 6) is 0.248. The highest BCUT2D eigenvalue weighted by atomic mass is 15.6. The minimum absolute atomic E-state index is 0.228. The smallest absolute Gasteiger partial charge is 0.212 e. The molecular formula is C6H9N5. The third-order valence-electron chi connectivity index (χ3n) is 1.20. The largest absolute Gasteiger partial charge is 0.253 e. The molecule has 0 atom stereocenters. The van der Waals surface area contributed by atoms with E-state index in [9.17, 15) is 0 Å².